The van der Waals surface area contributed by atoms with Crippen molar-refractivity contribution >= 4 is 22.7 Å². The predicted molar refractivity (Wildman–Crippen MR) is 76.1 cm³/mol. The summed E-state index contributed by atoms with van der Waals surface area (Å²) in [5.41, 5.74) is 2.45. The quantitative estimate of drug-likeness (QED) is 0.788. The molecule has 0 bridgehead atoms. The lowest BCUT2D eigenvalue weighted by Crippen LogP contribution is -2.12. The zero-order chi connectivity index (χ0) is 14.9. The van der Waals surface area contributed by atoms with Crippen LogP contribution in [0.3, 0.4) is 0 Å². The smallest absolute Gasteiger partial charge is 0.338 e. The van der Waals surface area contributed by atoms with Gasteiger partial charge in [-0.05, 0) is 35.7 Å². The van der Waals surface area contributed by atoms with Crippen molar-refractivity contribution in [2.24, 2.45) is 0 Å². The molecule has 2 rings (SSSR count). The first kappa shape index (κ1) is 14.1. The highest BCUT2D eigenvalue weighted by Crippen LogP contribution is 2.31. The Morgan fingerprint density at radius 1 is 0.800 bits per heavy atom. The molecule has 104 valence electrons. The maximum atomic E-state index is 12.0. The number of carbonyl (C=O) groups is 2. The molecule has 0 N–H and O–H groups in total. The molecule has 0 aliphatic rings. The van der Waals surface area contributed by atoms with E-state index in [2.05, 4.69) is 0 Å². The average Bonchev–Trinajstić information content (AvgIpc) is 2.47. The van der Waals surface area contributed by atoms with Crippen LogP contribution in [0.15, 0.2) is 24.3 Å². The minimum Gasteiger partial charge on any atom is -0.465 e. The van der Waals surface area contributed by atoms with Crippen molar-refractivity contribution in [3.05, 3.63) is 46.5 Å². The van der Waals surface area contributed by atoms with Gasteiger partial charge in [-0.15, -0.1) is 0 Å². The summed E-state index contributed by atoms with van der Waals surface area (Å²) in [5, 5.41) is 1.39. The molecule has 0 radical (unpaired) electrons. The summed E-state index contributed by atoms with van der Waals surface area (Å²) < 4.78 is 9.70. The van der Waals surface area contributed by atoms with Crippen LogP contribution in [-0.4, -0.2) is 26.2 Å². The highest BCUT2D eigenvalue weighted by Gasteiger charge is 2.23. The van der Waals surface area contributed by atoms with Crippen LogP contribution in [0.1, 0.15) is 31.8 Å². The fourth-order valence-electron chi connectivity index (χ4n) is 2.43. The van der Waals surface area contributed by atoms with Gasteiger partial charge in [0.25, 0.3) is 0 Å². The van der Waals surface area contributed by atoms with Crippen LogP contribution >= 0.6 is 0 Å². The van der Waals surface area contributed by atoms with Crippen molar-refractivity contribution in [3.63, 3.8) is 0 Å². The Bertz CT molecular complexity index is 641. The lowest BCUT2D eigenvalue weighted by Gasteiger charge is -2.15. The third-order valence-electron chi connectivity index (χ3n) is 3.56. The average molecular weight is 272 g/mol. The first-order valence-electron chi connectivity index (χ1n) is 6.21. The van der Waals surface area contributed by atoms with Crippen molar-refractivity contribution in [2.75, 3.05) is 14.2 Å². The summed E-state index contributed by atoms with van der Waals surface area (Å²) in [7, 11) is 2.69. The van der Waals surface area contributed by atoms with Crippen molar-refractivity contribution in [3.8, 4) is 0 Å². The Hall–Kier alpha value is -2.36. The van der Waals surface area contributed by atoms with E-state index in [1.54, 1.807) is 26.0 Å². The molecule has 0 spiro atoms. The second-order valence-electron chi connectivity index (χ2n) is 4.53. The number of hydrogen-bond donors (Lipinski definition) is 0. The van der Waals surface area contributed by atoms with Gasteiger partial charge in [0.05, 0.1) is 25.3 Å². The first-order chi connectivity index (χ1) is 9.52. The maximum absolute atomic E-state index is 12.0. The SMILES string of the molecule is COC(=O)c1c(C)c(C)c(C(=O)OC)c2ccccc12. The van der Waals surface area contributed by atoms with Crippen molar-refractivity contribution in [2.45, 2.75) is 13.8 Å². The molecule has 0 atom stereocenters. The van der Waals surface area contributed by atoms with Crippen LogP contribution in [0.25, 0.3) is 10.8 Å². The molecule has 4 nitrogen and oxygen atoms in total. The van der Waals surface area contributed by atoms with E-state index in [1.165, 1.54) is 14.2 Å². The van der Waals surface area contributed by atoms with Gasteiger partial charge in [-0.25, -0.2) is 9.59 Å². The van der Waals surface area contributed by atoms with Gasteiger partial charge in [0.15, 0.2) is 0 Å². The lowest BCUT2D eigenvalue weighted by molar-refractivity contribution is 0.0588. The van der Waals surface area contributed by atoms with Gasteiger partial charge < -0.3 is 9.47 Å². The van der Waals surface area contributed by atoms with Crippen LogP contribution < -0.4 is 0 Å². The Labute approximate surface area is 117 Å². The number of benzene rings is 2. The Kier molecular flexibility index (Phi) is 3.74. The van der Waals surface area contributed by atoms with Crippen LogP contribution in [0.4, 0.5) is 0 Å². The molecule has 0 heterocycles. The Morgan fingerprint density at radius 2 is 1.15 bits per heavy atom. The monoisotopic (exact) mass is 272 g/mol. The van der Waals surface area contributed by atoms with Gasteiger partial charge in [0, 0.05) is 0 Å². The normalized spacial score (nSPS) is 10.4. The molecule has 0 aliphatic heterocycles. The largest absolute Gasteiger partial charge is 0.465 e. The topological polar surface area (TPSA) is 52.6 Å². The van der Waals surface area contributed by atoms with Crippen molar-refractivity contribution in [1.82, 2.24) is 0 Å². The fraction of sp³-hybridized carbons (Fsp3) is 0.250. The zero-order valence-electron chi connectivity index (χ0n) is 11.9. The number of ether oxygens (including phenoxy) is 2. The highest BCUT2D eigenvalue weighted by molar-refractivity contribution is 6.13. The second-order valence-corrected chi connectivity index (χ2v) is 4.53. The van der Waals surface area contributed by atoms with Gasteiger partial charge >= 0.3 is 11.9 Å². The summed E-state index contributed by atoms with van der Waals surface area (Å²) in [6, 6.07) is 7.26. The molecule has 2 aromatic rings. The van der Waals surface area contributed by atoms with Gasteiger partial charge in [-0.1, -0.05) is 24.3 Å². The van der Waals surface area contributed by atoms with E-state index in [-0.39, 0.29) is 0 Å². The molecule has 0 saturated carbocycles. The molecule has 0 aromatic heterocycles. The van der Waals surface area contributed by atoms with E-state index in [0.717, 1.165) is 11.1 Å². The Morgan fingerprint density at radius 3 is 1.45 bits per heavy atom. The second kappa shape index (κ2) is 5.33. The number of esters is 2. The summed E-state index contributed by atoms with van der Waals surface area (Å²) in [6.45, 7) is 3.61. The number of rotatable bonds is 2. The van der Waals surface area contributed by atoms with Crippen molar-refractivity contribution < 1.29 is 19.1 Å². The molecular weight excluding hydrogens is 256 g/mol. The standard InChI is InChI=1S/C16H16O4/c1-9-10(2)14(16(18)20-4)12-8-6-5-7-11(12)13(9)15(17)19-3/h5-8H,1-4H3. The van der Waals surface area contributed by atoms with Crippen LogP contribution in [-0.2, 0) is 9.47 Å². The van der Waals surface area contributed by atoms with Gasteiger partial charge in [0.2, 0.25) is 0 Å². The van der Waals surface area contributed by atoms with Crippen LogP contribution in [0, 0.1) is 13.8 Å². The minimum absolute atomic E-state index is 0.404. The zero-order valence-corrected chi connectivity index (χ0v) is 11.9. The molecule has 20 heavy (non-hydrogen) atoms. The highest BCUT2D eigenvalue weighted by atomic mass is 16.5. The van der Waals surface area contributed by atoms with E-state index < -0.39 is 11.9 Å². The van der Waals surface area contributed by atoms with Gasteiger partial charge in [0.1, 0.15) is 0 Å². The molecule has 0 unspecified atom stereocenters. The van der Waals surface area contributed by atoms with Gasteiger partial charge in [-0.2, -0.15) is 0 Å². The summed E-state index contributed by atoms with van der Waals surface area (Å²) in [6.07, 6.45) is 0. The Balaban J connectivity index is 2.96. The first-order valence-corrected chi connectivity index (χ1v) is 6.21. The summed E-state index contributed by atoms with van der Waals surface area (Å²) in [4.78, 5) is 24.0. The lowest BCUT2D eigenvalue weighted by atomic mass is 9.90. The predicted octanol–water partition coefficient (Wildman–Crippen LogP) is 3.03. The van der Waals surface area contributed by atoms with Gasteiger partial charge in [-0.3, -0.25) is 0 Å². The molecule has 4 heteroatoms. The molecular formula is C16H16O4. The number of methoxy groups -OCH3 is 2. The third-order valence-corrected chi connectivity index (χ3v) is 3.56. The molecule has 2 aromatic carbocycles. The molecule has 0 amide bonds. The van der Waals surface area contributed by atoms with E-state index >= 15 is 0 Å². The fourth-order valence-corrected chi connectivity index (χ4v) is 2.43. The minimum atomic E-state index is -0.404. The van der Waals surface area contributed by atoms with E-state index in [0.29, 0.717) is 21.9 Å². The molecule has 0 saturated heterocycles. The summed E-state index contributed by atoms with van der Waals surface area (Å²) in [5.74, 6) is -0.809. The van der Waals surface area contributed by atoms with Crippen molar-refractivity contribution in [1.29, 1.82) is 0 Å². The van der Waals surface area contributed by atoms with Crippen LogP contribution in [0.5, 0.6) is 0 Å². The number of hydrogen-bond acceptors (Lipinski definition) is 4. The van der Waals surface area contributed by atoms with Crippen LogP contribution in [0.2, 0.25) is 0 Å². The number of fused-ring (bicyclic) bond motifs is 1. The number of carbonyl (C=O) groups excluding carboxylic acids is 2. The maximum Gasteiger partial charge on any atom is 0.338 e. The molecule has 0 fully saturated rings. The van der Waals surface area contributed by atoms with E-state index in [4.69, 9.17) is 9.47 Å². The van der Waals surface area contributed by atoms with E-state index in [9.17, 15) is 9.59 Å². The third kappa shape index (κ3) is 2.03. The molecule has 0 aliphatic carbocycles. The van der Waals surface area contributed by atoms with E-state index in [1.807, 2.05) is 12.1 Å². The summed E-state index contributed by atoms with van der Waals surface area (Å²) >= 11 is 0.